The molecule has 0 spiro atoms. The van der Waals surface area contributed by atoms with E-state index in [2.05, 4.69) is 187 Å². The summed E-state index contributed by atoms with van der Waals surface area (Å²) in [6.45, 7) is 2.24. The van der Waals surface area contributed by atoms with Gasteiger partial charge in [-0.2, -0.15) is 0 Å². The van der Waals surface area contributed by atoms with Gasteiger partial charge in [0.1, 0.15) is 0 Å². The molecule has 0 unspecified atom stereocenters. The molecule has 1 N–H and O–H groups in total. The van der Waals surface area contributed by atoms with Gasteiger partial charge in [-0.25, -0.2) is 0 Å². The van der Waals surface area contributed by atoms with Crippen molar-refractivity contribution in [2.24, 2.45) is 0 Å². The molecule has 7 aromatic rings. The van der Waals surface area contributed by atoms with Crippen LogP contribution in [0.15, 0.2) is 186 Å². The van der Waals surface area contributed by atoms with Crippen LogP contribution in [0.1, 0.15) is 30.2 Å². The zero-order chi connectivity index (χ0) is 34.1. The van der Waals surface area contributed by atoms with E-state index in [-0.39, 0.29) is 0 Å². The highest BCUT2D eigenvalue weighted by Gasteiger charge is 2.25. The van der Waals surface area contributed by atoms with Crippen LogP contribution in [0.4, 0.5) is 5.69 Å². The maximum absolute atomic E-state index is 3.84. The van der Waals surface area contributed by atoms with E-state index in [1.807, 2.05) is 11.8 Å². The lowest BCUT2D eigenvalue weighted by Crippen LogP contribution is -2.12. The fourth-order valence-corrected chi connectivity index (χ4v) is 8.87. The van der Waals surface area contributed by atoms with Crippen LogP contribution < -0.4 is 5.32 Å². The largest absolute Gasteiger partial charge is 0.355 e. The highest BCUT2D eigenvalue weighted by Crippen LogP contribution is 2.42. The van der Waals surface area contributed by atoms with Gasteiger partial charge in [-0.1, -0.05) is 115 Å². The lowest BCUT2D eigenvalue weighted by Gasteiger charge is -2.24. The summed E-state index contributed by atoms with van der Waals surface area (Å²) in [7, 11) is 0. The molecule has 0 radical (unpaired) electrons. The third-order valence-corrected chi connectivity index (χ3v) is 11.3. The highest BCUT2D eigenvalue weighted by atomic mass is 32.2. The predicted octanol–water partition coefficient (Wildman–Crippen LogP) is 12.9. The predicted molar refractivity (Wildman–Crippen MR) is 218 cm³/mol. The summed E-state index contributed by atoms with van der Waals surface area (Å²) in [6, 6.07) is 56.9. The molecule has 6 aromatic carbocycles. The van der Waals surface area contributed by atoms with Gasteiger partial charge in [-0.15, -0.1) is 11.8 Å². The highest BCUT2D eigenvalue weighted by molar-refractivity contribution is 7.99. The molecular weight excluding hydrogens is 637 g/mol. The van der Waals surface area contributed by atoms with Crippen molar-refractivity contribution in [3.63, 3.8) is 0 Å². The summed E-state index contributed by atoms with van der Waals surface area (Å²) in [4.78, 5) is 1.34. The van der Waals surface area contributed by atoms with Crippen molar-refractivity contribution in [3.05, 3.63) is 197 Å². The average Bonchev–Trinajstić information content (AvgIpc) is 3.52. The molecule has 2 heterocycles. The Kier molecular flexibility index (Phi) is 8.27. The van der Waals surface area contributed by atoms with Gasteiger partial charge < -0.3 is 9.88 Å². The second kappa shape index (κ2) is 13.5. The van der Waals surface area contributed by atoms with Crippen LogP contribution in [0.2, 0.25) is 0 Å². The lowest BCUT2D eigenvalue weighted by atomic mass is 9.90. The van der Waals surface area contributed by atoms with E-state index in [4.69, 9.17) is 0 Å². The Morgan fingerprint density at radius 3 is 1.94 bits per heavy atom. The summed E-state index contributed by atoms with van der Waals surface area (Å²) in [5.74, 6) is 0.898. The number of anilines is 1. The van der Waals surface area contributed by atoms with Gasteiger partial charge in [0.25, 0.3) is 0 Å². The molecule has 0 amide bonds. The minimum Gasteiger partial charge on any atom is -0.355 e. The Hall–Kier alpha value is -5.77. The van der Waals surface area contributed by atoms with E-state index in [0.29, 0.717) is 0 Å². The first-order valence-corrected chi connectivity index (χ1v) is 18.7. The van der Waals surface area contributed by atoms with Crippen molar-refractivity contribution < 1.29 is 0 Å². The van der Waals surface area contributed by atoms with Crippen LogP contribution in [-0.2, 0) is 6.42 Å². The Morgan fingerprint density at radius 2 is 1.22 bits per heavy atom. The van der Waals surface area contributed by atoms with Gasteiger partial charge in [-0.05, 0) is 119 Å². The number of rotatable bonds is 6. The third-order valence-electron chi connectivity index (χ3n) is 10.2. The molecule has 0 fully saturated rings. The smallest absolute Gasteiger partial charge is 0.0537 e. The summed E-state index contributed by atoms with van der Waals surface area (Å²) < 4.78 is 2.53. The molecule has 246 valence electrons. The molecule has 51 heavy (non-hydrogen) atoms. The first kappa shape index (κ1) is 31.2. The van der Waals surface area contributed by atoms with Gasteiger partial charge in [0.2, 0.25) is 0 Å². The van der Waals surface area contributed by atoms with Gasteiger partial charge in [0.05, 0.1) is 5.52 Å². The molecule has 1 aliphatic heterocycles. The van der Waals surface area contributed by atoms with Crippen LogP contribution in [-0.4, -0.2) is 10.3 Å². The van der Waals surface area contributed by atoms with Crippen molar-refractivity contribution in [2.75, 3.05) is 11.1 Å². The summed E-state index contributed by atoms with van der Waals surface area (Å²) in [5, 5.41) is 5.13. The zero-order valence-corrected chi connectivity index (χ0v) is 29.5. The average molecular weight is 675 g/mol. The molecule has 0 atom stereocenters. The summed E-state index contributed by atoms with van der Waals surface area (Å²) in [5.41, 5.74) is 17.7. The van der Waals surface area contributed by atoms with Crippen molar-refractivity contribution >= 4 is 40.0 Å². The van der Waals surface area contributed by atoms with Crippen LogP contribution in [0, 0.1) is 0 Å². The minimum absolute atomic E-state index is 0.898. The number of nitrogens with zero attached hydrogens (tertiary/aromatic N) is 1. The normalized spacial score (nSPS) is 16.6. The molecule has 0 bridgehead atoms. The first-order valence-electron chi connectivity index (χ1n) is 17.7. The Balaban J connectivity index is 1.22. The van der Waals surface area contributed by atoms with E-state index in [9.17, 15) is 0 Å². The van der Waals surface area contributed by atoms with E-state index in [1.54, 1.807) is 0 Å². The number of hydrogen-bond donors (Lipinski definition) is 1. The van der Waals surface area contributed by atoms with Gasteiger partial charge >= 0.3 is 0 Å². The van der Waals surface area contributed by atoms with Crippen LogP contribution in [0.5, 0.6) is 0 Å². The first-order chi connectivity index (χ1) is 25.2. The SMILES string of the molecule is C/C1=C\C(Nc2ccccc2)=C(\C2=Cc3c(n(-c4cc(-c5ccccc5)cc(-c5ccccc5)c4)c4ccccc34)CC2)CSc2ccccc21. The molecular formula is C48H38N2S. The number of aromatic nitrogens is 1. The number of fused-ring (bicyclic) bond motifs is 4. The maximum Gasteiger partial charge on any atom is 0.0537 e. The second-order valence-electron chi connectivity index (χ2n) is 13.4. The molecule has 1 aliphatic carbocycles. The molecule has 3 heteroatoms. The fourth-order valence-electron chi connectivity index (χ4n) is 7.67. The van der Waals surface area contributed by atoms with E-state index < -0.39 is 0 Å². The number of para-hydroxylation sites is 2. The van der Waals surface area contributed by atoms with Crippen molar-refractivity contribution in [3.8, 4) is 27.9 Å². The summed E-state index contributed by atoms with van der Waals surface area (Å²) in [6.07, 6.45) is 6.78. The monoisotopic (exact) mass is 674 g/mol. The quantitative estimate of drug-likeness (QED) is 0.189. The van der Waals surface area contributed by atoms with E-state index in [1.165, 1.54) is 83.0 Å². The molecule has 0 saturated heterocycles. The number of thioether (sulfide) groups is 1. The lowest BCUT2D eigenvalue weighted by molar-refractivity contribution is 0.860. The van der Waals surface area contributed by atoms with E-state index in [0.717, 1.165) is 24.3 Å². The van der Waals surface area contributed by atoms with Gasteiger partial charge in [0, 0.05) is 44.4 Å². The molecule has 2 nitrogen and oxygen atoms in total. The van der Waals surface area contributed by atoms with Gasteiger partial charge in [-0.3, -0.25) is 0 Å². The summed E-state index contributed by atoms with van der Waals surface area (Å²) >= 11 is 1.94. The third kappa shape index (κ3) is 6.05. The van der Waals surface area contributed by atoms with Crippen molar-refractivity contribution in [2.45, 2.75) is 24.7 Å². The molecule has 0 saturated carbocycles. The van der Waals surface area contributed by atoms with Gasteiger partial charge in [0.15, 0.2) is 0 Å². The maximum atomic E-state index is 3.84. The van der Waals surface area contributed by atoms with Crippen LogP contribution >= 0.6 is 11.8 Å². The number of benzene rings is 6. The van der Waals surface area contributed by atoms with Crippen LogP contribution in [0.3, 0.4) is 0 Å². The Bertz CT molecular complexity index is 2430. The van der Waals surface area contributed by atoms with Crippen molar-refractivity contribution in [1.29, 1.82) is 0 Å². The van der Waals surface area contributed by atoms with Crippen molar-refractivity contribution in [1.82, 2.24) is 4.57 Å². The number of hydrogen-bond acceptors (Lipinski definition) is 2. The second-order valence-corrected chi connectivity index (χ2v) is 14.4. The standard InChI is InChI=1S/C48H38N2S/c1-33-27-45(49-39-19-9-4-10-20-39)44(32-51-48-24-14-12-21-41(33)48)36-25-26-47-43(31-36)42-22-11-13-23-46(42)50(47)40-29-37(34-15-5-2-6-16-34)28-38(30-40)35-17-7-3-8-18-35/h2-24,27-31,49H,25-26,32H2,1H3/b33-27+,45-44-. The molecule has 2 aliphatic rings. The topological polar surface area (TPSA) is 17.0 Å². The fraction of sp³-hybridized carbons (Fsp3) is 0.0833. The Morgan fingerprint density at radius 1 is 0.588 bits per heavy atom. The number of nitrogens with one attached hydrogen (secondary N) is 1. The number of allylic oxidation sites excluding steroid dienone is 3. The molecule has 1 aromatic heterocycles. The molecule has 9 rings (SSSR count). The Labute approximate surface area is 304 Å². The zero-order valence-electron chi connectivity index (χ0n) is 28.6. The minimum atomic E-state index is 0.898. The van der Waals surface area contributed by atoms with Crippen LogP contribution in [0.25, 0.3) is 50.5 Å². The van der Waals surface area contributed by atoms with E-state index >= 15 is 0 Å².